The van der Waals surface area contributed by atoms with E-state index in [4.69, 9.17) is 0 Å². The molecule has 0 saturated heterocycles. The van der Waals surface area contributed by atoms with Crippen LogP contribution in [0.2, 0.25) is 0 Å². The van der Waals surface area contributed by atoms with Crippen molar-refractivity contribution in [1.82, 2.24) is 0 Å². The average Bonchev–Trinajstić information content (AvgIpc) is 0.722. The van der Waals surface area contributed by atoms with Crippen molar-refractivity contribution in [3.63, 3.8) is 0 Å². The van der Waals surface area contributed by atoms with Crippen LogP contribution in [-0.2, 0) is 0 Å². The molecule has 0 saturated carbocycles. The molecule has 0 aromatic rings. The van der Waals surface area contributed by atoms with E-state index in [0.717, 1.165) is 0 Å². The molecule has 6 heavy (non-hydrogen) atoms. The van der Waals surface area contributed by atoms with Crippen LogP contribution in [0.3, 0.4) is 0 Å². The molecule has 0 heterocycles. The Morgan fingerprint density at radius 3 is 0.833 bits per heavy atom. The Balaban J connectivity index is 0. The smallest absolute Gasteiger partial charge is 0.418 e. The van der Waals surface area contributed by atoms with Gasteiger partial charge in [0, 0.05) is 27.3 Å². The summed E-state index contributed by atoms with van der Waals surface area (Å²) in [7, 11) is -6.00. The van der Waals surface area contributed by atoms with E-state index < -0.39 is 7.25 Å². The first-order valence-electron chi connectivity index (χ1n) is 0.873. The summed E-state index contributed by atoms with van der Waals surface area (Å²) in [5.74, 6) is 0. The number of hydrogen-bond donors (Lipinski definition) is 0. The predicted octanol–water partition coefficient (Wildman–Crippen LogP) is 0.919. The van der Waals surface area contributed by atoms with Crippen LogP contribution < -0.4 is 0 Å². The van der Waals surface area contributed by atoms with Crippen molar-refractivity contribution in [2.45, 2.75) is 0 Å². The maximum absolute atomic E-state index is 9.75. The minimum atomic E-state index is -6.00. The first-order valence-corrected chi connectivity index (χ1v) is 0.873. The van der Waals surface area contributed by atoms with Crippen molar-refractivity contribution in [3.05, 3.63) is 0 Å². The third kappa shape index (κ3) is 129. The SMILES string of the molecule is F[B-](F)(F)F.[Tl]. The molecule has 0 nitrogen and oxygen atoms in total. The molecular weight excluding hydrogens is 291 g/mol. The van der Waals surface area contributed by atoms with Gasteiger partial charge in [0.25, 0.3) is 0 Å². The Labute approximate surface area is 52.2 Å². The monoisotopic (exact) mass is 292 g/mol. The number of halogens is 4. The molecule has 0 unspecified atom stereocenters. The molecule has 0 bridgehead atoms. The molecular formula is BF4Tl-. The van der Waals surface area contributed by atoms with Gasteiger partial charge in [-0.1, -0.05) is 0 Å². The van der Waals surface area contributed by atoms with Crippen LogP contribution in [0.5, 0.6) is 0 Å². The zero-order chi connectivity index (χ0) is 4.50. The van der Waals surface area contributed by atoms with Gasteiger partial charge in [0.05, 0.1) is 0 Å². The van der Waals surface area contributed by atoms with Crippen molar-refractivity contribution >= 4 is 34.6 Å². The van der Waals surface area contributed by atoms with E-state index >= 15 is 0 Å². The topological polar surface area (TPSA) is 0 Å². The fourth-order valence-corrected chi connectivity index (χ4v) is 0. The fraction of sp³-hybridized carbons (Fsp3) is 0. The third-order valence-electron chi connectivity index (χ3n) is 0. The normalized spacial score (nSPS) is 10.0. The number of hydrogen-bond acceptors (Lipinski definition) is 0. The van der Waals surface area contributed by atoms with Gasteiger partial charge in [0.2, 0.25) is 0 Å². The second-order valence-electron chi connectivity index (χ2n) is 0.495. The predicted molar refractivity (Wildman–Crippen MR) is 15.9 cm³/mol. The summed E-state index contributed by atoms with van der Waals surface area (Å²) in [6, 6.07) is 0. The van der Waals surface area contributed by atoms with Crippen LogP contribution in [0.4, 0.5) is 17.3 Å². The Kier molecular flexibility index (Phi) is 4.62. The molecule has 0 aliphatic rings. The van der Waals surface area contributed by atoms with E-state index in [1.807, 2.05) is 0 Å². The van der Waals surface area contributed by atoms with Crippen molar-refractivity contribution in [2.75, 3.05) is 0 Å². The van der Waals surface area contributed by atoms with Crippen LogP contribution >= 0.6 is 0 Å². The zero-order valence-electron chi connectivity index (χ0n) is 2.67. The standard InChI is InChI=1S/BF4.Tl/c2-1(3,4)5;/q-1;. The van der Waals surface area contributed by atoms with Gasteiger partial charge in [0.1, 0.15) is 0 Å². The molecule has 6 heteroatoms. The summed E-state index contributed by atoms with van der Waals surface area (Å²) >= 11 is 0. The van der Waals surface area contributed by atoms with Crippen molar-refractivity contribution in [3.8, 4) is 0 Å². The summed E-state index contributed by atoms with van der Waals surface area (Å²) in [6.45, 7) is 0. The Bertz CT molecular complexity index is 23.0. The second-order valence-corrected chi connectivity index (χ2v) is 0.495. The molecule has 0 aromatic heterocycles. The van der Waals surface area contributed by atoms with Gasteiger partial charge in [-0.2, -0.15) is 0 Å². The second kappa shape index (κ2) is 2.81. The largest absolute Gasteiger partial charge is 0.673 e. The van der Waals surface area contributed by atoms with Gasteiger partial charge in [-0.25, -0.2) is 0 Å². The molecule has 0 aliphatic heterocycles. The maximum atomic E-state index is 9.75. The molecule has 35 valence electrons. The van der Waals surface area contributed by atoms with Crippen molar-refractivity contribution < 1.29 is 17.3 Å². The minimum Gasteiger partial charge on any atom is -0.418 e. The van der Waals surface area contributed by atoms with E-state index in [2.05, 4.69) is 0 Å². The molecule has 0 atom stereocenters. The summed E-state index contributed by atoms with van der Waals surface area (Å²) in [5.41, 5.74) is 0. The van der Waals surface area contributed by atoms with Gasteiger partial charge < -0.3 is 17.3 Å². The Hall–Kier alpha value is 0.707. The molecule has 0 aromatic carbocycles. The van der Waals surface area contributed by atoms with Crippen LogP contribution in [0.1, 0.15) is 0 Å². The molecule has 0 spiro atoms. The fourth-order valence-electron chi connectivity index (χ4n) is 0. The van der Waals surface area contributed by atoms with E-state index in [-0.39, 0.29) is 27.3 Å². The molecule has 0 aliphatic carbocycles. The van der Waals surface area contributed by atoms with Gasteiger partial charge in [-0.05, 0) is 0 Å². The molecule has 0 N–H and O–H groups in total. The van der Waals surface area contributed by atoms with Crippen molar-refractivity contribution in [1.29, 1.82) is 0 Å². The summed E-state index contributed by atoms with van der Waals surface area (Å²) in [5, 5.41) is 0. The van der Waals surface area contributed by atoms with Crippen LogP contribution in [0.25, 0.3) is 0 Å². The van der Waals surface area contributed by atoms with Gasteiger partial charge >= 0.3 is 7.25 Å². The first-order chi connectivity index (χ1) is 2.00. The van der Waals surface area contributed by atoms with Gasteiger partial charge in [-0.15, -0.1) is 0 Å². The zero-order valence-corrected chi connectivity index (χ0v) is 7.16. The average molecular weight is 291 g/mol. The molecule has 0 rings (SSSR count). The summed E-state index contributed by atoms with van der Waals surface area (Å²) in [4.78, 5) is 0. The molecule has 0 amide bonds. The van der Waals surface area contributed by atoms with E-state index in [1.54, 1.807) is 0 Å². The Morgan fingerprint density at radius 2 is 0.833 bits per heavy atom. The van der Waals surface area contributed by atoms with Crippen LogP contribution in [0, 0.1) is 0 Å². The van der Waals surface area contributed by atoms with Crippen LogP contribution in [-0.4, -0.2) is 34.6 Å². The van der Waals surface area contributed by atoms with Crippen LogP contribution in [0.15, 0.2) is 0 Å². The summed E-state index contributed by atoms with van der Waals surface area (Å²) < 4.78 is 39.0. The third-order valence-corrected chi connectivity index (χ3v) is 0. The minimum absolute atomic E-state index is 0. The van der Waals surface area contributed by atoms with E-state index in [1.165, 1.54) is 0 Å². The Morgan fingerprint density at radius 1 is 0.833 bits per heavy atom. The molecule has 1 radical (unpaired) electrons. The van der Waals surface area contributed by atoms with E-state index in [9.17, 15) is 17.3 Å². The van der Waals surface area contributed by atoms with E-state index in [0.29, 0.717) is 0 Å². The number of rotatable bonds is 0. The molecule has 0 fully saturated rings. The summed E-state index contributed by atoms with van der Waals surface area (Å²) in [6.07, 6.45) is 0. The maximum Gasteiger partial charge on any atom is 0.673 e. The van der Waals surface area contributed by atoms with Gasteiger partial charge in [-0.3, -0.25) is 0 Å². The first kappa shape index (κ1) is 9.86. The van der Waals surface area contributed by atoms with Crippen molar-refractivity contribution in [2.24, 2.45) is 0 Å². The quantitative estimate of drug-likeness (QED) is 0.460. The van der Waals surface area contributed by atoms with Gasteiger partial charge in [0.15, 0.2) is 0 Å².